The highest BCUT2D eigenvalue weighted by molar-refractivity contribution is 6.01. The number of hydrogen-bond donors (Lipinski definition) is 0. The SMILES string of the molecule is C/C(=N\OCc1cccc(F)c1)c1cc(-c2ccc(F)cc2)n(-c2ccc(F)cc2)c1C. The van der Waals surface area contributed by atoms with E-state index in [0.717, 1.165) is 28.2 Å². The van der Waals surface area contributed by atoms with E-state index in [4.69, 9.17) is 4.84 Å². The van der Waals surface area contributed by atoms with Crippen molar-refractivity contribution in [1.29, 1.82) is 0 Å². The first-order valence-electron chi connectivity index (χ1n) is 10.1. The number of oxime groups is 1. The Kier molecular flexibility index (Phi) is 6.12. The van der Waals surface area contributed by atoms with E-state index in [-0.39, 0.29) is 24.1 Å². The van der Waals surface area contributed by atoms with Gasteiger partial charge in [-0.15, -0.1) is 0 Å². The summed E-state index contributed by atoms with van der Waals surface area (Å²) in [6, 6.07) is 20.4. The van der Waals surface area contributed by atoms with E-state index in [1.165, 1.54) is 36.4 Å². The molecule has 0 spiro atoms. The van der Waals surface area contributed by atoms with Crippen molar-refractivity contribution in [2.24, 2.45) is 5.16 Å². The number of benzene rings is 3. The standard InChI is InChI=1S/C26H21F3N2O/c1-17(30-32-16-19-4-3-5-23(29)14-19)25-15-26(20-6-8-21(27)9-7-20)31(18(25)2)24-12-10-22(28)11-13-24/h3-15H,16H2,1-2H3/b30-17+. The minimum atomic E-state index is -0.331. The summed E-state index contributed by atoms with van der Waals surface area (Å²) < 4.78 is 42.3. The van der Waals surface area contributed by atoms with Crippen molar-refractivity contribution in [1.82, 2.24) is 4.57 Å². The van der Waals surface area contributed by atoms with Gasteiger partial charge in [0.15, 0.2) is 0 Å². The van der Waals surface area contributed by atoms with E-state index in [1.807, 2.05) is 24.5 Å². The van der Waals surface area contributed by atoms with E-state index in [2.05, 4.69) is 5.16 Å². The van der Waals surface area contributed by atoms with Gasteiger partial charge in [0, 0.05) is 16.9 Å². The molecule has 0 amide bonds. The summed E-state index contributed by atoms with van der Waals surface area (Å²) in [5.74, 6) is -0.984. The molecule has 32 heavy (non-hydrogen) atoms. The van der Waals surface area contributed by atoms with Crippen LogP contribution in [0.2, 0.25) is 0 Å². The molecule has 6 heteroatoms. The van der Waals surface area contributed by atoms with Gasteiger partial charge in [-0.05, 0) is 91.7 Å². The zero-order valence-electron chi connectivity index (χ0n) is 17.6. The largest absolute Gasteiger partial charge is 0.391 e. The lowest BCUT2D eigenvalue weighted by atomic mass is 10.1. The molecule has 0 unspecified atom stereocenters. The van der Waals surface area contributed by atoms with Crippen LogP contribution in [0.5, 0.6) is 0 Å². The maximum absolute atomic E-state index is 13.5. The van der Waals surface area contributed by atoms with Crippen LogP contribution in [0.1, 0.15) is 23.7 Å². The zero-order valence-corrected chi connectivity index (χ0v) is 17.6. The molecule has 0 bridgehead atoms. The summed E-state index contributed by atoms with van der Waals surface area (Å²) in [5.41, 5.74) is 5.38. The van der Waals surface area contributed by atoms with Crippen LogP contribution in [0.3, 0.4) is 0 Å². The summed E-state index contributed by atoms with van der Waals surface area (Å²) in [4.78, 5) is 5.45. The van der Waals surface area contributed by atoms with Crippen LogP contribution in [0, 0.1) is 24.4 Å². The lowest BCUT2D eigenvalue weighted by molar-refractivity contribution is 0.130. The lowest BCUT2D eigenvalue weighted by Crippen LogP contribution is -2.02. The molecule has 0 saturated carbocycles. The van der Waals surface area contributed by atoms with Crippen molar-refractivity contribution in [3.8, 4) is 16.9 Å². The molecule has 0 saturated heterocycles. The summed E-state index contributed by atoms with van der Waals surface area (Å²) in [5, 5.41) is 4.21. The number of hydrogen-bond acceptors (Lipinski definition) is 2. The fourth-order valence-corrected chi connectivity index (χ4v) is 3.61. The molecular formula is C26H21F3N2O. The van der Waals surface area contributed by atoms with Gasteiger partial charge in [-0.1, -0.05) is 17.3 Å². The molecular weight excluding hydrogens is 413 g/mol. The molecule has 0 aliphatic rings. The van der Waals surface area contributed by atoms with Gasteiger partial charge in [0.05, 0.1) is 11.4 Å². The minimum absolute atomic E-state index is 0.137. The van der Waals surface area contributed by atoms with Crippen molar-refractivity contribution in [3.63, 3.8) is 0 Å². The highest BCUT2D eigenvalue weighted by atomic mass is 19.1. The van der Waals surface area contributed by atoms with Gasteiger partial charge in [0.1, 0.15) is 24.1 Å². The van der Waals surface area contributed by atoms with E-state index in [0.29, 0.717) is 11.3 Å². The molecule has 0 fully saturated rings. The summed E-state index contributed by atoms with van der Waals surface area (Å²) in [7, 11) is 0. The Bertz CT molecular complexity index is 1260. The Morgan fingerprint density at radius 2 is 1.50 bits per heavy atom. The molecule has 4 rings (SSSR count). The summed E-state index contributed by atoms with van der Waals surface area (Å²) >= 11 is 0. The Morgan fingerprint density at radius 3 is 2.16 bits per heavy atom. The van der Waals surface area contributed by atoms with Crippen LogP contribution in [0.4, 0.5) is 13.2 Å². The molecule has 1 aromatic heterocycles. The maximum atomic E-state index is 13.5. The van der Waals surface area contributed by atoms with Gasteiger partial charge in [0.2, 0.25) is 0 Å². The van der Waals surface area contributed by atoms with Gasteiger partial charge in [0.25, 0.3) is 0 Å². The van der Waals surface area contributed by atoms with Crippen LogP contribution in [-0.2, 0) is 11.4 Å². The number of halogens is 3. The van der Waals surface area contributed by atoms with E-state index in [9.17, 15) is 13.2 Å². The van der Waals surface area contributed by atoms with Crippen LogP contribution in [-0.4, -0.2) is 10.3 Å². The molecule has 0 aliphatic heterocycles. The van der Waals surface area contributed by atoms with Gasteiger partial charge >= 0.3 is 0 Å². The first-order valence-corrected chi connectivity index (χ1v) is 10.1. The average Bonchev–Trinajstić information content (AvgIpc) is 3.12. The maximum Gasteiger partial charge on any atom is 0.142 e. The second-order valence-electron chi connectivity index (χ2n) is 7.43. The Hall–Kier alpha value is -3.80. The molecule has 0 radical (unpaired) electrons. The second kappa shape index (κ2) is 9.14. The smallest absolute Gasteiger partial charge is 0.142 e. The van der Waals surface area contributed by atoms with Gasteiger partial charge in [-0.2, -0.15) is 0 Å². The molecule has 0 atom stereocenters. The predicted octanol–water partition coefficient (Wildman–Crippen LogP) is 6.81. The quantitative estimate of drug-likeness (QED) is 0.242. The van der Waals surface area contributed by atoms with Crippen LogP contribution in [0.25, 0.3) is 16.9 Å². The fraction of sp³-hybridized carbons (Fsp3) is 0.115. The van der Waals surface area contributed by atoms with Crippen molar-refractivity contribution in [3.05, 3.63) is 113 Å². The molecule has 0 aliphatic carbocycles. The average molecular weight is 434 g/mol. The zero-order chi connectivity index (χ0) is 22.7. The topological polar surface area (TPSA) is 26.5 Å². The fourth-order valence-electron chi connectivity index (χ4n) is 3.61. The molecule has 0 N–H and O–H groups in total. The summed E-state index contributed by atoms with van der Waals surface area (Å²) in [6.45, 7) is 3.88. The Morgan fingerprint density at radius 1 is 0.844 bits per heavy atom. The normalized spacial score (nSPS) is 11.6. The van der Waals surface area contributed by atoms with Crippen LogP contribution >= 0.6 is 0 Å². The third kappa shape index (κ3) is 4.59. The number of aromatic nitrogens is 1. The summed E-state index contributed by atoms with van der Waals surface area (Å²) in [6.07, 6.45) is 0. The van der Waals surface area contributed by atoms with Crippen LogP contribution < -0.4 is 0 Å². The highest BCUT2D eigenvalue weighted by Gasteiger charge is 2.17. The third-order valence-corrected chi connectivity index (χ3v) is 5.18. The Balaban J connectivity index is 1.71. The van der Waals surface area contributed by atoms with Crippen molar-refractivity contribution in [2.75, 3.05) is 0 Å². The molecule has 3 aromatic carbocycles. The molecule has 162 valence electrons. The third-order valence-electron chi connectivity index (χ3n) is 5.18. The number of rotatable bonds is 6. The minimum Gasteiger partial charge on any atom is -0.391 e. The van der Waals surface area contributed by atoms with E-state index in [1.54, 1.807) is 36.4 Å². The first kappa shape index (κ1) is 21.4. The number of nitrogens with zero attached hydrogens (tertiary/aromatic N) is 2. The van der Waals surface area contributed by atoms with Crippen LogP contribution in [0.15, 0.2) is 84.0 Å². The lowest BCUT2D eigenvalue weighted by Gasteiger charge is -2.12. The predicted molar refractivity (Wildman–Crippen MR) is 119 cm³/mol. The van der Waals surface area contributed by atoms with Gasteiger partial charge in [-0.3, -0.25) is 0 Å². The Labute approximate surface area is 184 Å². The van der Waals surface area contributed by atoms with Crippen molar-refractivity contribution in [2.45, 2.75) is 20.5 Å². The second-order valence-corrected chi connectivity index (χ2v) is 7.43. The van der Waals surface area contributed by atoms with Crippen molar-refractivity contribution >= 4 is 5.71 Å². The molecule has 3 nitrogen and oxygen atoms in total. The van der Waals surface area contributed by atoms with Gasteiger partial charge < -0.3 is 9.40 Å². The van der Waals surface area contributed by atoms with Gasteiger partial charge in [-0.25, -0.2) is 13.2 Å². The first-order chi connectivity index (χ1) is 15.4. The van der Waals surface area contributed by atoms with E-state index >= 15 is 0 Å². The highest BCUT2D eigenvalue weighted by Crippen LogP contribution is 2.30. The monoisotopic (exact) mass is 434 g/mol. The molecule has 4 aromatic rings. The van der Waals surface area contributed by atoms with Crippen molar-refractivity contribution < 1.29 is 18.0 Å². The molecule has 1 heterocycles. The van der Waals surface area contributed by atoms with E-state index < -0.39 is 0 Å².